The summed E-state index contributed by atoms with van der Waals surface area (Å²) in [4.78, 5) is 35.7. The molecule has 10 heteroatoms. The average molecular weight is 275 g/mol. The van der Waals surface area contributed by atoms with Crippen molar-refractivity contribution in [1.82, 2.24) is 0 Å². The van der Waals surface area contributed by atoms with Gasteiger partial charge in [-0.25, -0.2) is 0 Å². The van der Waals surface area contributed by atoms with Crippen molar-refractivity contribution in [2.45, 2.75) is 31.2 Å². The van der Waals surface area contributed by atoms with Gasteiger partial charge in [-0.2, -0.15) is 19.2 Å². The van der Waals surface area contributed by atoms with E-state index in [1.165, 1.54) is 0 Å². The summed E-state index contributed by atoms with van der Waals surface area (Å²) in [5, 5.41) is 36.7. The third-order valence-corrected chi connectivity index (χ3v) is 2.62. The van der Waals surface area contributed by atoms with E-state index in [4.69, 9.17) is 19.8 Å². The Kier molecular flexibility index (Phi) is 5.85. The maximum Gasteiger partial charge on any atom is 0.567 e. The Hall–Kier alpha value is -0.380. The van der Waals surface area contributed by atoms with Gasteiger partial charge in [-0.15, -0.1) is 0 Å². The molecule has 9 nitrogen and oxygen atoms in total. The summed E-state index contributed by atoms with van der Waals surface area (Å²) in [5.41, 5.74) is -2.24. The number of aliphatic carboxylic acids is 1. The first-order valence-electron chi connectivity index (χ1n) is 4.49. The fourth-order valence-corrected chi connectivity index (χ4v) is 1.27. The number of rotatable bonds is 7. The molecule has 0 aromatic carbocycles. The Morgan fingerprint density at radius 3 is 2.12 bits per heavy atom. The molecule has 0 radical (unpaired) electrons. The molecule has 0 bridgehead atoms. The van der Waals surface area contributed by atoms with Crippen LogP contribution in [0.2, 0.25) is 0 Å². The van der Waals surface area contributed by atoms with Crippen molar-refractivity contribution < 1.29 is 44.4 Å². The summed E-state index contributed by atoms with van der Waals surface area (Å²) in [6.07, 6.45) is -4.42. The van der Waals surface area contributed by atoms with Gasteiger partial charge in [-0.05, 0) is 6.92 Å². The van der Waals surface area contributed by atoms with Gasteiger partial charge in [0, 0.05) is 0 Å². The SMILES string of the molecule is CC(O)(C(O)CO[P+](O)(O)O)C(O)CC(=O)O. The van der Waals surface area contributed by atoms with Crippen LogP contribution in [0, 0.1) is 0 Å². The molecule has 0 saturated carbocycles. The molecule has 3 atom stereocenters. The highest BCUT2D eigenvalue weighted by atomic mass is 31.2. The van der Waals surface area contributed by atoms with Crippen LogP contribution in [0.1, 0.15) is 13.3 Å². The molecule has 0 aromatic heterocycles. The highest BCUT2D eigenvalue weighted by Gasteiger charge is 2.43. The first kappa shape index (κ1) is 16.6. The number of carboxylic acid groups (broad SMARTS) is 1. The Balaban J connectivity index is 4.42. The summed E-state index contributed by atoms with van der Waals surface area (Å²) in [7, 11) is -4.57. The molecule has 17 heavy (non-hydrogen) atoms. The smallest absolute Gasteiger partial charge is 0.481 e. The largest absolute Gasteiger partial charge is 0.567 e. The fraction of sp³-hybridized carbons (Fsp3) is 0.857. The van der Waals surface area contributed by atoms with Crippen molar-refractivity contribution >= 4 is 14.1 Å². The van der Waals surface area contributed by atoms with Gasteiger partial charge in [0.15, 0.2) is 0 Å². The summed E-state index contributed by atoms with van der Waals surface area (Å²) in [6, 6.07) is 0. The summed E-state index contributed by atoms with van der Waals surface area (Å²) >= 11 is 0. The Morgan fingerprint density at radius 1 is 1.29 bits per heavy atom. The standard InChI is InChI=1S/C7H15O9P/c1-7(12,4(8)2-6(10)11)5(9)3-16-17(13,14)15/h4-5,8-9,12-15H,2-3H2,1H3/p+1. The van der Waals surface area contributed by atoms with Crippen LogP contribution in [0.15, 0.2) is 0 Å². The van der Waals surface area contributed by atoms with Gasteiger partial charge >= 0.3 is 14.1 Å². The number of carbonyl (C=O) groups is 1. The van der Waals surface area contributed by atoms with Gasteiger partial charge in [0.05, 0.1) is 12.5 Å². The topological polar surface area (TPSA) is 168 Å². The molecular weight excluding hydrogens is 259 g/mol. The zero-order chi connectivity index (χ0) is 13.9. The minimum atomic E-state index is -4.57. The van der Waals surface area contributed by atoms with E-state index in [-0.39, 0.29) is 0 Å². The minimum Gasteiger partial charge on any atom is -0.481 e. The van der Waals surface area contributed by atoms with E-state index in [0.717, 1.165) is 6.92 Å². The maximum absolute atomic E-state index is 10.3. The molecule has 0 heterocycles. The monoisotopic (exact) mass is 275 g/mol. The third kappa shape index (κ3) is 6.20. The number of hydrogen-bond acceptors (Lipinski definition) is 8. The summed E-state index contributed by atoms with van der Waals surface area (Å²) in [6.45, 7) is 0.0574. The van der Waals surface area contributed by atoms with Crippen LogP contribution in [-0.4, -0.2) is 65.5 Å². The number of hydrogen-bond donors (Lipinski definition) is 7. The Bertz CT molecular complexity index is 261. The van der Waals surface area contributed by atoms with Crippen LogP contribution in [-0.2, 0) is 9.32 Å². The summed E-state index contributed by atoms with van der Waals surface area (Å²) < 4.78 is 4.04. The third-order valence-electron chi connectivity index (χ3n) is 2.12. The zero-order valence-corrected chi connectivity index (χ0v) is 9.86. The maximum atomic E-state index is 10.3. The van der Waals surface area contributed by atoms with Crippen molar-refractivity contribution in [3.8, 4) is 0 Å². The van der Waals surface area contributed by atoms with E-state index in [2.05, 4.69) is 4.52 Å². The second kappa shape index (κ2) is 5.98. The van der Waals surface area contributed by atoms with Gasteiger partial charge in [0.2, 0.25) is 0 Å². The second-order valence-electron chi connectivity index (χ2n) is 3.66. The lowest BCUT2D eigenvalue weighted by atomic mass is 9.91. The van der Waals surface area contributed by atoms with Crippen LogP contribution < -0.4 is 0 Å². The predicted octanol–water partition coefficient (Wildman–Crippen LogP) is -2.40. The van der Waals surface area contributed by atoms with Gasteiger partial charge in [0.25, 0.3) is 0 Å². The number of carboxylic acids is 1. The van der Waals surface area contributed by atoms with E-state index in [9.17, 15) is 20.1 Å². The van der Waals surface area contributed by atoms with Crippen LogP contribution in [0.3, 0.4) is 0 Å². The minimum absolute atomic E-state index is 0.818. The predicted molar refractivity (Wildman–Crippen MR) is 54.4 cm³/mol. The van der Waals surface area contributed by atoms with Gasteiger partial charge < -0.3 is 20.4 Å². The first-order chi connectivity index (χ1) is 7.47. The van der Waals surface area contributed by atoms with E-state index >= 15 is 0 Å². The van der Waals surface area contributed by atoms with E-state index in [1.54, 1.807) is 0 Å². The molecule has 0 aromatic rings. The molecule has 0 amide bonds. The normalized spacial score (nSPS) is 19.5. The molecule has 3 unspecified atom stereocenters. The van der Waals surface area contributed by atoms with Crippen LogP contribution in [0.4, 0.5) is 0 Å². The summed E-state index contributed by atoms with van der Waals surface area (Å²) in [5.74, 6) is -1.39. The first-order valence-corrected chi connectivity index (χ1v) is 6.05. The van der Waals surface area contributed by atoms with Crippen molar-refractivity contribution in [3.63, 3.8) is 0 Å². The molecular formula is C7H16O9P+. The highest BCUT2D eigenvalue weighted by molar-refractivity contribution is 7.53. The van der Waals surface area contributed by atoms with Crippen LogP contribution in [0.5, 0.6) is 0 Å². The molecule has 0 fully saturated rings. The lowest BCUT2D eigenvalue weighted by molar-refractivity contribution is -0.162. The molecule has 0 saturated heterocycles. The molecule has 0 aliphatic carbocycles. The average Bonchev–Trinajstić information content (AvgIpc) is 2.11. The van der Waals surface area contributed by atoms with Gasteiger partial charge in [0.1, 0.15) is 18.3 Å². The van der Waals surface area contributed by atoms with Gasteiger partial charge in [-0.3, -0.25) is 4.79 Å². The van der Waals surface area contributed by atoms with Crippen molar-refractivity contribution in [2.24, 2.45) is 0 Å². The molecule has 0 aliphatic heterocycles. The van der Waals surface area contributed by atoms with E-state index < -0.39 is 45.0 Å². The quantitative estimate of drug-likeness (QED) is 0.250. The second-order valence-corrected chi connectivity index (χ2v) is 4.95. The Labute approximate surface area is 97.2 Å². The number of aliphatic hydroxyl groups is 3. The molecule has 0 aliphatic rings. The lowest BCUT2D eigenvalue weighted by Crippen LogP contribution is -2.52. The molecule has 7 N–H and O–H groups in total. The highest BCUT2D eigenvalue weighted by Crippen LogP contribution is 2.46. The van der Waals surface area contributed by atoms with Gasteiger partial charge in [-0.1, -0.05) is 0 Å². The van der Waals surface area contributed by atoms with Crippen molar-refractivity contribution in [3.05, 3.63) is 0 Å². The lowest BCUT2D eigenvalue weighted by Gasteiger charge is -2.32. The molecule has 102 valence electrons. The number of aliphatic hydroxyl groups excluding tert-OH is 2. The Morgan fingerprint density at radius 2 is 1.76 bits per heavy atom. The van der Waals surface area contributed by atoms with Crippen LogP contribution >= 0.6 is 8.17 Å². The van der Waals surface area contributed by atoms with Crippen LogP contribution in [0.25, 0.3) is 0 Å². The molecule has 0 spiro atoms. The van der Waals surface area contributed by atoms with Crippen molar-refractivity contribution in [2.75, 3.05) is 6.61 Å². The fourth-order valence-electron chi connectivity index (χ4n) is 0.933. The zero-order valence-electron chi connectivity index (χ0n) is 8.96. The van der Waals surface area contributed by atoms with E-state index in [0.29, 0.717) is 0 Å². The van der Waals surface area contributed by atoms with Crippen molar-refractivity contribution in [1.29, 1.82) is 0 Å². The van der Waals surface area contributed by atoms with E-state index in [1.807, 2.05) is 0 Å². The molecule has 0 rings (SSSR count).